The summed E-state index contributed by atoms with van der Waals surface area (Å²) in [6, 6.07) is 5.83. The number of aromatic nitrogens is 1. The van der Waals surface area contributed by atoms with Crippen molar-refractivity contribution in [2.24, 2.45) is 0 Å². The van der Waals surface area contributed by atoms with E-state index < -0.39 is 11.9 Å². The zero-order chi connectivity index (χ0) is 11.8. The number of thiol groups is 1. The molecule has 0 bridgehead atoms. The van der Waals surface area contributed by atoms with Crippen LogP contribution in [0.4, 0.5) is 13.2 Å². The molecule has 0 atom stereocenters. The first kappa shape index (κ1) is 11.2. The first-order chi connectivity index (χ1) is 7.52. The van der Waals surface area contributed by atoms with Crippen molar-refractivity contribution in [1.29, 1.82) is 0 Å². The van der Waals surface area contributed by atoms with Gasteiger partial charge in [-0.25, -0.2) is 0 Å². The van der Waals surface area contributed by atoms with Crippen LogP contribution in [0.25, 0.3) is 10.9 Å². The molecule has 1 heterocycles. The average Bonchev–Trinajstić information content (AvgIpc) is 2.62. The van der Waals surface area contributed by atoms with E-state index in [-0.39, 0.29) is 5.94 Å². The summed E-state index contributed by atoms with van der Waals surface area (Å²) in [7, 11) is 0. The van der Waals surface area contributed by atoms with Gasteiger partial charge in [0.15, 0.2) is 0 Å². The van der Waals surface area contributed by atoms with Crippen molar-refractivity contribution in [2.45, 2.75) is 6.18 Å². The maximum absolute atomic E-state index is 12.5. The Morgan fingerprint density at radius 2 is 2.06 bits per heavy atom. The standard InChI is InChI=1S/C10H8F3NOS/c11-10(12,13)9-4-6-7(14-9)2-1-3-8(6)15-5-16/h1-4,14,16H,5H2. The van der Waals surface area contributed by atoms with E-state index in [1.54, 1.807) is 18.2 Å². The molecule has 0 unspecified atom stereocenters. The number of hydrogen-bond acceptors (Lipinski definition) is 2. The quantitative estimate of drug-likeness (QED) is 0.616. The second-order valence-electron chi connectivity index (χ2n) is 3.17. The van der Waals surface area contributed by atoms with Crippen molar-refractivity contribution in [3.63, 3.8) is 0 Å². The Hall–Kier alpha value is -1.30. The number of hydrogen-bond donors (Lipinski definition) is 2. The molecule has 0 saturated carbocycles. The molecule has 1 aromatic heterocycles. The third-order valence-electron chi connectivity index (χ3n) is 2.15. The van der Waals surface area contributed by atoms with Gasteiger partial charge in [-0.2, -0.15) is 13.2 Å². The molecule has 0 fully saturated rings. The van der Waals surface area contributed by atoms with Gasteiger partial charge in [0.2, 0.25) is 0 Å². The zero-order valence-electron chi connectivity index (χ0n) is 8.01. The van der Waals surface area contributed by atoms with E-state index in [9.17, 15) is 13.2 Å². The van der Waals surface area contributed by atoms with Gasteiger partial charge >= 0.3 is 6.18 Å². The van der Waals surface area contributed by atoms with Crippen molar-refractivity contribution < 1.29 is 17.9 Å². The Balaban J connectivity index is 2.57. The highest BCUT2D eigenvalue weighted by Crippen LogP contribution is 2.34. The second kappa shape index (κ2) is 3.93. The lowest BCUT2D eigenvalue weighted by Crippen LogP contribution is -2.04. The van der Waals surface area contributed by atoms with Crippen LogP contribution < -0.4 is 4.74 Å². The number of halogens is 3. The summed E-state index contributed by atoms with van der Waals surface area (Å²) in [6.07, 6.45) is -4.38. The highest BCUT2D eigenvalue weighted by Gasteiger charge is 2.32. The maximum Gasteiger partial charge on any atom is 0.431 e. The molecule has 1 N–H and O–H groups in total. The van der Waals surface area contributed by atoms with Gasteiger partial charge in [0, 0.05) is 10.9 Å². The van der Waals surface area contributed by atoms with Crippen LogP contribution in [0.1, 0.15) is 5.69 Å². The predicted octanol–water partition coefficient (Wildman–Crippen LogP) is 3.45. The largest absolute Gasteiger partial charge is 0.483 e. The molecule has 1 aromatic carbocycles. The Morgan fingerprint density at radius 1 is 1.31 bits per heavy atom. The number of rotatable bonds is 2. The van der Waals surface area contributed by atoms with Crippen molar-refractivity contribution in [2.75, 3.05) is 5.94 Å². The molecule has 0 aliphatic carbocycles. The summed E-state index contributed by atoms with van der Waals surface area (Å²) in [5.74, 6) is 0.505. The minimum Gasteiger partial charge on any atom is -0.483 e. The van der Waals surface area contributed by atoms with E-state index in [1.807, 2.05) is 0 Å². The topological polar surface area (TPSA) is 25.0 Å². The molecule has 0 aliphatic heterocycles. The molecule has 0 amide bonds. The second-order valence-corrected chi connectivity index (χ2v) is 3.43. The fourth-order valence-electron chi connectivity index (χ4n) is 1.48. The summed E-state index contributed by atoms with van der Waals surface area (Å²) < 4.78 is 42.5. The molecule has 2 rings (SSSR count). The Labute approximate surface area is 94.8 Å². The average molecular weight is 247 g/mol. The predicted molar refractivity (Wildman–Crippen MR) is 57.8 cm³/mol. The van der Waals surface area contributed by atoms with Crippen molar-refractivity contribution in [3.05, 3.63) is 30.0 Å². The van der Waals surface area contributed by atoms with Crippen LogP contribution >= 0.6 is 12.6 Å². The number of ether oxygens (including phenoxy) is 1. The first-order valence-electron chi connectivity index (χ1n) is 4.45. The normalized spacial score (nSPS) is 12.0. The number of benzene rings is 1. The molecule has 2 nitrogen and oxygen atoms in total. The molecule has 6 heteroatoms. The number of aromatic amines is 1. The van der Waals surface area contributed by atoms with Gasteiger partial charge in [-0.3, -0.25) is 0 Å². The van der Waals surface area contributed by atoms with E-state index in [2.05, 4.69) is 17.6 Å². The monoisotopic (exact) mass is 247 g/mol. The molecule has 2 aromatic rings. The van der Waals surface area contributed by atoms with Crippen LogP contribution in [0, 0.1) is 0 Å². The van der Waals surface area contributed by atoms with Gasteiger partial charge in [-0.15, -0.1) is 12.6 Å². The molecular formula is C10H8F3NOS. The zero-order valence-corrected chi connectivity index (χ0v) is 8.90. The van der Waals surface area contributed by atoms with E-state index in [1.165, 1.54) is 0 Å². The lowest BCUT2D eigenvalue weighted by molar-refractivity contribution is -0.140. The van der Waals surface area contributed by atoms with Gasteiger partial charge < -0.3 is 9.72 Å². The molecule has 0 saturated heterocycles. The Bertz CT molecular complexity index is 506. The molecule has 16 heavy (non-hydrogen) atoms. The van der Waals surface area contributed by atoms with Crippen LogP contribution in [-0.4, -0.2) is 10.9 Å². The highest BCUT2D eigenvalue weighted by atomic mass is 32.1. The number of nitrogens with one attached hydrogen (secondary N) is 1. The minimum absolute atomic E-state index is 0.117. The van der Waals surface area contributed by atoms with E-state index >= 15 is 0 Å². The summed E-state index contributed by atoms with van der Waals surface area (Å²) in [4.78, 5) is 2.30. The van der Waals surface area contributed by atoms with Gasteiger partial charge in [-0.05, 0) is 18.2 Å². The Kier molecular flexibility index (Phi) is 2.75. The summed E-state index contributed by atoms with van der Waals surface area (Å²) >= 11 is 3.87. The SMILES string of the molecule is FC(F)(F)c1cc2c(OCS)cccc2[nH]1. The maximum atomic E-state index is 12.5. The van der Waals surface area contributed by atoms with Crippen LogP contribution in [0.15, 0.2) is 24.3 Å². The van der Waals surface area contributed by atoms with Crippen LogP contribution in [0.2, 0.25) is 0 Å². The third kappa shape index (κ3) is 1.97. The molecule has 0 radical (unpaired) electrons. The van der Waals surface area contributed by atoms with Crippen LogP contribution in [-0.2, 0) is 6.18 Å². The van der Waals surface area contributed by atoms with E-state index in [0.29, 0.717) is 16.7 Å². The van der Waals surface area contributed by atoms with Gasteiger partial charge in [0.1, 0.15) is 17.4 Å². The number of fused-ring (bicyclic) bond motifs is 1. The summed E-state index contributed by atoms with van der Waals surface area (Å²) in [5, 5.41) is 0.406. The van der Waals surface area contributed by atoms with Gasteiger partial charge in [-0.1, -0.05) is 6.07 Å². The molecular weight excluding hydrogens is 239 g/mol. The van der Waals surface area contributed by atoms with Gasteiger partial charge in [0.25, 0.3) is 0 Å². The smallest absolute Gasteiger partial charge is 0.431 e. The van der Waals surface area contributed by atoms with Crippen molar-refractivity contribution in [3.8, 4) is 5.75 Å². The summed E-state index contributed by atoms with van der Waals surface area (Å²) in [6.45, 7) is 0. The van der Waals surface area contributed by atoms with Gasteiger partial charge in [0.05, 0.1) is 0 Å². The third-order valence-corrected chi connectivity index (χ3v) is 2.28. The number of H-pyrrole nitrogens is 1. The van der Waals surface area contributed by atoms with E-state index in [0.717, 1.165) is 6.07 Å². The summed E-state index contributed by atoms with van der Waals surface area (Å²) in [5.41, 5.74) is -0.385. The minimum atomic E-state index is -4.38. The lowest BCUT2D eigenvalue weighted by Gasteiger charge is -2.02. The highest BCUT2D eigenvalue weighted by molar-refractivity contribution is 7.80. The fraction of sp³-hybridized carbons (Fsp3) is 0.200. The van der Waals surface area contributed by atoms with E-state index in [4.69, 9.17) is 4.74 Å². The first-order valence-corrected chi connectivity index (χ1v) is 5.08. The molecule has 86 valence electrons. The van der Waals surface area contributed by atoms with Crippen LogP contribution in [0.5, 0.6) is 5.75 Å². The van der Waals surface area contributed by atoms with Crippen molar-refractivity contribution >= 4 is 23.5 Å². The molecule has 0 aliphatic rings. The number of alkyl halides is 3. The molecule has 0 spiro atoms. The van der Waals surface area contributed by atoms with Crippen LogP contribution in [0.3, 0.4) is 0 Å². The lowest BCUT2D eigenvalue weighted by atomic mass is 10.2. The Morgan fingerprint density at radius 3 is 2.69 bits per heavy atom. The van der Waals surface area contributed by atoms with Crippen molar-refractivity contribution in [1.82, 2.24) is 4.98 Å². The fourth-order valence-corrected chi connectivity index (χ4v) is 1.61.